The number of carbonyl (C=O) groups is 1. The van der Waals surface area contributed by atoms with E-state index in [0.29, 0.717) is 16.7 Å². The predicted octanol–water partition coefficient (Wildman–Crippen LogP) is 1.69. The van der Waals surface area contributed by atoms with Crippen LogP contribution in [0.2, 0.25) is 0 Å². The average molecular weight is 270 g/mol. The van der Waals surface area contributed by atoms with Crippen molar-refractivity contribution < 1.29 is 4.79 Å². The molecule has 0 spiro atoms. The Morgan fingerprint density at radius 3 is 2.84 bits per heavy atom. The maximum Gasteiger partial charge on any atom is 0.260 e. The molecule has 2 heterocycles. The highest BCUT2D eigenvalue weighted by atomic mass is 32.2. The van der Waals surface area contributed by atoms with Crippen LogP contribution in [0.15, 0.2) is 57.9 Å². The number of carbonyl (C=O) groups excluding carboxylic acids is 1. The number of rotatable bonds is 3. The minimum absolute atomic E-state index is 0.157. The van der Waals surface area contributed by atoms with Crippen LogP contribution in [0.25, 0.3) is 0 Å². The van der Waals surface area contributed by atoms with Gasteiger partial charge < -0.3 is 0 Å². The second kappa shape index (κ2) is 5.27. The maximum atomic E-state index is 11.9. The molecule has 6 heteroatoms. The molecule has 1 amide bonds. The van der Waals surface area contributed by atoms with Gasteiger partial charge >= 0.3 is 0 Å². The number of hydrogen-bond donors (Lipinski definition) is 0. The van der Waals surface area contributed by atoms with E-state index >= 15 is 0 Å². The molecule has 2 aliphatic rings. The zero-order chi connectivity index (χ0) is 13.1. The summed E-state index contributed by atoms with van der Waals surface area (Å²) in [5.41, 5.74) is 0.757. The lowest BCUT2D eigenvalue weighted by Crippen LogP contribution is -2.27. The molecule has 3 rings (SSSR count). The zero-order valence-electron chi connectivity index (χ0n) is 9.93. The molecule has 1 aromatic rings. The van der Waals surface area contributed by atoms with Gasteiger partial charge in [0.2, 0.25) is 0 Å². The molecule has 94 valence electrons. The molecule has 0 saturated carbocycles. The van der Waals surface area contributed by atoms with Crippen LogP contribution in [-0.2, 0) is 4.79 Å². The molecule has 1 aliphatic carbocycles. The zero-order valence-corrected chi connectivity index (χ0v) is 10.7. The largest absolute Gasteiger partial charge is 0.271 e. The third-order valence-electron chi connectivity index (χ3n) is 2.64. The summed E-state index contributed by atoms with van der Waals surface area (Å²) in [4.78, 5) is 28.5. The lowest BCUT2D eigenvalue weighted by atomic mass is 9.97. The van der Waals surface area contributed by atoms with E-state index in [1.807, 2.05) is 24.3 Å². The maximum absolute atomic E-state index is 11.9. The molecular weight excluding hydrogens is 260 g/mol. The van der Waals surface area contributed by atoms with Crippen LogP contribution in [0.5, 0.6) is 0 Å². The Bertz CT molecular complexity index is 619. The van der Waals surface area contributed by atoms with Crippen LogP contribution < -0.4 is 0 Å². The number of aliphatic imine (C=N–C) groups is 2. The summed E-state index contributed by atoms with van der Waals surface area (Å²) >= 11 is 1.41. The number of allylic oxidation sites excluding steroid dienone is 3. The fourth-order valence-corrected chi connectivity index (χ4v) is 2.43. The first-order chi connectivity index (χ1) is 9.33. The SMILES string of the molecule is O=C1N=C(CSc2ncccn2)N=C2C=CC=CC12. The summed E-state index contributed by atoms with van der Waals surface area (Å²) in [7, 11) is 0. The Hall–Kier alpha value is -2.08. The fourth-order valence-electron chi connectivity index (χ4n) is 1.77. The van der Waals surface area contributed by atoms with Crippen LogP contribution >= 0.6 is 11.8 Å². The van der Waals surface area contributed by atoms with E-state index in [4.69, 9.17) is 0 Å². The van der Waals surface area contributed by atoms with Gasteiger partial charge in [0.15, 0.2) is 5.16 Å². The molecular formula is C13H10N4OS. The van der Waals surface area contributed by atoms with Crippen LogP contribution in [0.4, 0.5) is 0 Å². The van der Waals surface area contributed by atoms with Crippen molar-refractivity contribution in [2.45, 2.75) is 5.16 Å². The Labute approximate surface area is 114 Å². The number of hydrogen-bond acceptors (Lipinski definition) is 5. The monoisotopic (exact) mass is 270 g/mol. The second-order valence-corrected chi connectivity index (χ2v) is 4.89. The highest BCUT2D eigenvalue weighted by Gasteiger charge is 2.26. The number of amidine groups is 1. The Balaban J connectivity index is 1.73. The van der Waals surface area contributed by atoms with E-state index in [2.05, 4.69) is 20.0 Å². The predicted molar refractivity (Wildman–Crippen MR) is 74.4 cm³/mol. The second-order valence-electron chi connectivity index (χ2n) is 3.94. The molecule has 0 bridgehead atoms. The summed E-state index contributed by atoms with van der Waals surface area (Å²) in [6.07, 6.45) is 10.7. The van der Waals surface area contributed by atoms with Gasteiger partial charge in [-0.25, -0.2) is 15.0 Å². The normalized spacial score (nSPS) is 20.8. The lowest BCUT2D eigenvalue weighted by molar-refractivity contribution is -0.118. The number of nitrogens with zero attached hydrogens (tertiary/aromatic N) is 4. The number of thioether (sulfide) groups is 1. The highest BCUT2D eigenvalue weighted by Crippen LogP contribution is 2.19. The summed E-state index contributed by atoms with van der Waals surface area (Å²) in [5, 5.41) is 0.652. The summed E-state index contributed by atoms with van der Waals surface area (Å²) < 4.78 is 0. The molecule has 1 unspecified atom stereocenters. The van der Waals surface area contributed by atoms with E-state index < -0.39 is 0 Å². The van der Waals surface area contributed by atoms with E-state index in [1.165, 1.54) is 11.8 Å². The molecule has 5 nitrogen and oxygen atoms in total. The van der Waals surface area contributed by atoms with Gasteiger partial charge in [-0.1, -0.05) is 30.0 Å². The van der Waals surface area contributed by atoms with E-state index in [1.54, 1.807) is 18.5 Å². The first-order valence-corrected chi connectivity index (χ1v) is 6.76. The van der Waals surface area contributed by atoms with Gasteiger partial charge in [-0.05, 0) is 12.1 Å². The Morgan fingerprint density at radius 2 is 2.00 bits per heavy atom. The van der Waals surface area contributed by atoms with Crippen molar-refractivity contribution in [2.24, 2.45) is 15.9 Å². The fraction of sp³-hybridized carbons (Fsp3) is 0.154. The summed E-state index contributed by atoms with van der Waals surface area (Å²) in [6, 6.07) is 1.76. The standard InChI is InChI=1S/C13H10N4OS/c18-12-9-4-1-2-5-10(9)16-11(17-12)8-19-13-14-6-3-7-15-13/h1-7,9H,8H2. The van der Waals surface area contributed by atoms with E-state index in [9.17, 15) is 4.79 Å². The van der Waals surface area contributed by atoms with Gasteiger partial charge in [-0.2, -0.15) is 4.99 Å². The van der Waals surface area contributed by atoms with Crippen molar-refractivity contribution in [2.75, 3.05) is 5.75 Å². The van der Waals surface area contributed by atoms with Crippen molar-refractivity contribution in [1.29, 1.82) is 0 Å². The van der Waals surface area contributed by atoms with Gasteiger partial charge in [-0.3, -0.25) is 4.79 Å². The number of amides is 1. The van der Waals surface area contributed by atoms with Crippen molar-refractivity contribution in [3.8, 4) is 0 Å². The van der Waals surface area contributed by atoms with Crippen LogP contribution in [-0.4, -0.2) is 33.2 Å². The molecule has 0 saturated heterocycles. The van der Waals surface area contributed by atoms with Gasteiger partial charge in [0.05, 0.1) is 11.5 Å². The van der Waals surface area contributed by atoms with Crippen LogP contribution in [0.3, 0.4) is 0 Å². The van der Waals surface area contributed by atoms with Crippen molar-refractivity contribution >= 4 is 29.2 Å². The molecule has 1 aromatic heterocycles. The molecule has 0 fully saturated rings. The summed E-state index contributed by atoms with van der Waals surface area (Å²) in [6.45, 7) is 0. The van der Waals surface area contributed by atoms with E-state index in [0.717, 1.165) is 5.71 Å². The van der Waals surface area contributed by atoms with Gasteiger partial charge in [0, 0.05) is 12.4 Å². The van der Waals surface area contributed by atoms with Gasteiger partial charge in [0.25, 0.3) is 5.91 Å². The lowest BCUT2D eigenvalue weighted by Gasteiger charge is -2.17. The van der Waals surface area contributed by atoms with E-state index in [-0.39, 0.29) is 11.8 Å². The van der Waals surface area contributed by atoms with Gasteiger partial charge in [-0.15, -0.1) is 0 Å². The first kappa shape index (κ1) is 12.0. The quantitative estimate of drug-likeness (QED) is 0.619. The Morgan fingerprint density at radius 1 is 1.16 bits per heavy atom. The smallest absolute Gasteiger partial charge is 0.260 e. The van der Waals surface area contributed by atoms with Crippen molar-refractivity contribution in [1.82, 2.24) is 9.97 Å². The minimum atomic E-state index is -0.313. The Kier molecular flexibility index (Phi) is 3.33. The van der Waals surface area contributed by atoms with Gasteiger partial charge in [0.1, 0.15) is 11.8 Å². The highest BCUT2D eigenvalue weighted by molar-refractivity contribution is 7.99. The molecule has 0 radical (unpaired) electrons. The first-order valence-electron chi connectivity index (χ1n) is 5.77. The van der Waals surface area contributed by atoms with Crippen molar-refractivity contribution in [3.05, 3.63) is 42.8 Å². The topological polar surface area (TPSA) is 67.6 Å². The third-order valence-corrected chi connectivity index (χ3v) is 3.51. The average Bonchev–Trinajstić information content (AvgIpc) is 2.46. The molecule has 19 heavy (non-hydrogen) atoms. The third kappa shape index (κ3) is 2.68. The number of fused-ring (bicyclic) bond motifs is 1. The molecule has 1 atom stereocenters. The minimum Gasteiger partial charge on any atom is -0.271 e. The molecule has 0 N–H and O–H groups in total. The number of aromatic nitrogens is 2. The van der Waals surface area contributed by atoms with Crippen molar-refractivity contribution in [3.63, 3.8) is 0 Å². The molecule has 0 aromatic carbocycles. The van der Waals surface area contributed by atoms with Crippen LogP contribution in [0, 0.1) is 5.92 Å². The van der Waals surface area contributed by atoms with Crippen LogP contribution in [0.1, 0.15) is 0 Å². The molecule has 1 aliphatic heterocycles. The summed E-state index contributed by atoms with van der Waals surface area (Å²) in [5.74, 6) is 0.541.